The van der Waals surface area contributed by atoms with Crippen molar-refractivity contribution in [3.05, 3.63) is 23.5 Å². The third-order valence-corrected chi connectivity index (χ3v) is 3.88. The molecule has 6 heteroatoms. The highest BCUT2D eigenvalue weighted by Crippen LogP contribution is 2.22. The molecule has 1 amide bonds. The molecule has 2 heterocycles. The molecule has 1 unspecified atom stereocenters. The van der Waals surface area contributed by atoms with E-state index in [1.165, 1.54) is 0 Å². The molecular formula is C14H20ClN3O2. The van der Waals surface area contributed by atoms with Crippen molar-refractivity contribution in [3.8, 4) is 0 Å². The number of halogens is 1. The molecular weight excluding hydrogens is 278 g/mol. The first-order chi connectivity index (χ1) is 9.70. The first-order valence-corrected chi connectivity index (χ1v) is 7.34. The molecule has 0 spiro atoms. The molecule has 1 aliphatic rings. The number of anilines is 1. The molecule has 5 nitrogen and oxygen atoms in total. The van der Waals surface area contributed by atoms with Gasteiger partial charge in [0.2, 0.25) is 5.91 Å². The zero-order valence-electron chi connectivity index (χ0n) is 11.4. The molecule has 1 fully saturated rings. The quantitative estimate of drug-likeness (QED) is 0.787. The Morgan fingerprint density at radius 2 is 2.45 bits per heavy atom. The van der Waals surface area contributed by atoms with E-state index in [4.69, 9.17) is 16.7 Å². The van der Waals surface area contributed by atoms with Crippen molar-refractivity contribution in [2.45, 2.75) is 31.7 Å². The number of aromatic nitrogens is 1. The molecule has 1 atom stereocenters. The van der Waals surface area contributed by atoms with E-state index in [9.17, 15) is 4.79 Å². The summed E-state index contributed by atoms with van der Waals surface area (Å²) >= 11 is 5.91. The summed E-state index contributed by atoms with van der Waals surface area (Å²) in [6.45, 7) is 1.51. The molecule has 0 saturated carbocycles. The SMILES string of the molecule is O=C(CN1CCCC1CCCO)Nc1cccnc1Cl. The first kappa shape index (κ1) is 15.2. The maximum atomic E-state index is 12.1. The number of nitrogens with zero attached hydrogens (tertiary/aromatic N) is 2. The minimum absolute atomic E-state index is 0.0733. The first-order valence-electron chi connectivity index (χ1n) is 6.96. The Kier molecular flexibility index (Phi) is 5.76. The number of rotatable bonds is 6. The van der Waals surface area contributed by atoms with E-state index < -0.39 is 0 Å². The van der Waals surface area contributed by atoms with Gasteiger partial charge in [-0.15, -0.1) is 0 Å². The average Bonchev–Trinajstić information content (AvgIpc) is 2.86. The Hall–Kier alpha value is -1.17. The Balaban J connectivity index is 1.86. The molecule has 0 aromatic carbocycles. The van der Waals surface area contributed by atoms with Crippen LogP contribution in [0.1, 0.15) is 25.7 Å². The van der Waals surface area contributed by atoms with Crippen LogP contribution < -0.4 is 5.32 Å². The Labute approximate surface area is 123 Å². The molecule has 2 N–H and O–H groups in total. The molecule has 0 radical (unpaired) electrons. The maximum Gasteiger partial charge on any atom is 0.238 e. The number of pyridine rings is 1. The minimum Gasteiger partial charge on any atom is -0.396 e. The highest BCUT2D eigenvalue weighted by atomic mass is 35.5. The summed E-state index contributed by atoms with van der Waals surface area (Å²) in [4.78, 5) is 18.2. The van der Waals surface area contributed by atoms with E-state index in [-0.39, 0.29) is 12.5 Å². The molecule has 1 saturated heterocycles. The van der Waals surface area contributed by atoms with Gasteiger partial charge < -0.3 is 10.4 Å². The molecule has 1 aromatic heterocycles. The summed E-state index contributed by atoms with van der Waals surface area (Å²) in [6.07, 6.45) is 5.52. The molecule has 1 aromatic rings. The van der Waals surface area contributed by atoms with Crippen molar-refractivity contribution in [2.75, 3.05) is 25.0 Å². The lowest BCUT2D eigenvalue weighted by Crippen LogP contribution is -2.37. The van der Waals surface area contributed by atoms with E-state index in [2.05, 4.69) is 15.2 Å². The number of nitrogens with one attached hydrogen (secondary N) is 1. The van der Waals surface area contributed by atoms with Gasteiger partial charge in [0.25, 0.3) is 0 Å². The fourth-order valence-corrected chi connectivity index (χ4v) is 2.78. The topological polar surface area (TPSA) is 65.5 Å². The highest BCUT2D eigenvalue weighted by Gasteiger charge is 2.25. The second-order valence-corrected chi connectivity index (χ2v) is 5.38. The van der Waals surface area contributed by atoms with Crippen molar-refractivity contribution in [2.24, 2.45) is 0 Å². The van der Waals surface area contributed by atoms with Gasteiger partial charge in [0.15, 0.2) is 5.15 Å². The number of likely N-dealkylation sites (tertiary alicyclic amines) is 1. The van der Waals surface area contributed by atoms with Gasteiger partial charge in [-0.05, 0) is 44.4 Å². The lowest BCUT2D eigenvalue weighted by molar-refractivity contribution is -0.117. The summed E-state index contributed by atoms with van der Waals surface area (Å²) in [6, 6.07) is 3.87. The van der Waals surface area contributed by atoms with E-state index in [1.54, 1.807) is 18.3 Å². The van der Waals surface area contributed by atoms with Crippen LogP contribution in [0.3, 0.4) is 0 Å². The van der Waals surface area contributed by atoms with Crippen LogP contribution in [0.15, 0.2) is 18.3 Å². The van der Waals surface area contributed by atoms with E-state index in [1.807, 2.05) is 0 Å². The number of aliphatic hydroxyl groups is 1. The van der Waals surface area contributed by atoms with Crippen LogP contribution >= 0.6 is 11.6 Å². The zero-order chi connectivity index (χ0) is 14.4. The Morgan fingerprint density at radius 3 is 3.20 bits per heavy atom. The van der Waals surface area contributed by atoms with Gasteiger partial charge >= 0.3 is 0 Å². The molecule has 0 bridgehead atoms. The number of hydrogen-bond acceptors (Lipinski definition) is 4. The number of amides is 1. The van der Waals surface area contributed by atoms with Crippen LogP contribution in [-0.4, -0.2) is 46.6 Å². The van der Waals surface area contributed by atoms with Crippen molar-refractivity contribution in [1.29, 1.82) is 0 Å². The summed E-state index contributed by atoms with van der Waals surface area (Å²) in [5.74, 6) is -0.0733. The molecule has 2 rings (SSSR count). The second kappa shape index (κ2) is 7.57. The monoisotopic (exact) mass is 297 g/mol. The van der Waals surface area contributed by atoms with E-state index >= 15 is 0 Å². The summed E-state index contributed by atoms with van der Waals surface area (Å²) in [5, 5.41) is 12.0. The van der Waals surface area contributed by atoms with Crippen LogP contribution in [0.4, 0.5) is 5.69 Å². The van der Waals surface area contributed by atoms with Gasteiger partial charge in [-0.3, -0.25) is 9.69 Å². The van der Waals surface area contributed by atoms with Crippen LogP contribution in [0.5, 0.6) is 0 Å². The fourth-order valence-electron chi connectivity index (χ4n) is 2.61. The lowest BCUT2D eigenvalue weighted by atomic mass is 10.1. The van der Waals surface area contributed by atoms with Gasteiger partial charge in [-0.25, -0.2) is 4.98 Å². The number of carbonyl (C=O) groups is 1. The van der Waals surface area contributed by atoms with Gasteiger partial charge in [0.05, 0.1) is 12.2 Å². The molecule has 20 heavy (non-hydrogen) atoms. The predicted molar refractivity (Wildman–Crippen MR) is 78.8 cm³/mol. The zero-order valence-corrected chi connectivity index (χ0v) is 12.1. The summed E-state index contributed by atoms with van der Waals surface area (Å²) in [5.41, 5.74) is 0.547. The lowest BCUT2D eigenvalue weighted by Gasteiger charge is -2.23. The summed E-state index contributed by atoms with van der Waals surface area (Å²) in [7, 11) is 0. The van der Waals surface area contributed by atoms with Crippen molar-refractivity contribution in [3.63, 3.8) is 0 Å². The summed E-state index contributed by atoms with van der Waals surface area (Å²) < 4.78 is 0. The smallest absolute Gasteiger partial charge is 0.238 e. The van der Waals surface area contributed by atoms with Gasteiger partial charge in [-0.1, -0.05) is 11.6 Å². The van der Waals surface area contributed by atoms with Gasteiger partial charge in [-0.2, -0.15) is 0 Å². The number of aliphatic hydroxyl groups excluding tert-OH is 1. The predicted octanol–water partition coefficient (Wildman–Crippen LogP) is 1.91. The van der Waals surface area contributed by atoms with E-state index in [0.717, 1.165) is 32.2 Å². The van der Waals surface area contributed by atoms with Crippen LogP contribution in [0.25, 0.3) is 0 Å². The van der Waals surface area contributed by atoms with E-state index in [0.29, 0.717) is 23.4 Å². The maximum absolute atomic E-state index is 12.1. The van der Waals surface area contributed by atoms with Crippen molar-refractivity contribution >= 4 is 23.2 Å². The minimum atomic E-state index is -0.0733. The largest absolute Gasteiger partial charge is 0.396 e. The Bertz CT molecular complexity index is 456. The second-order valence-electron chi connectivity index (χ2n) is 5.02. The standard InChI is InChI=1S/C14H20ClN3O2/c15-14-12(6-1-7-16-14)17-13(20)10-18-8-2-4-11(18)5-3-9-19/h1,6-7,11,19H,2-5,8-10H2,(H,17,20). The van der Waals surface area contributed by atoms with Gasteiger partial charge in [0, 0.05) is 18.8 Å². The number of hydrogen-bond donors (Lipinski definition) is 2. The van der Waals surface area contributed by atoms with Crippen LogP contribution in [0, 0.1) is 0 Å². The Morgan fingerprint density at radius 1 is 1.60 bits per heavy atom. The van der Waals surface area contributed by atoms with Crippen molar-refractivity contribution in [1.82, 2.24) is 9.88 Å². The van der Waals surface area contributed by atoms with Crippen LogP contribution in [0.2, 0.25) is 5.15 Å². The third kappa shape index (κ3) is 4.16. The normalized spacial score (nSPS) is 19.2. The molecule has 1 aliphatic heterocycles. The van der Waals surface area contributed by atoms with Crippen molar-refractivity contribution < 1.29 is 9.90 Å². The molecule has 110 valence electrons. The third-order valence-electron chi connectivity index (χ3n) is 3.57. The fraction of sp³-hybridized carbons (Fsp3) is 0.571. The average molecular weight is 298 g/mol. The molecule has 0 aliphatic carbocycles. The number of carbonyl (C=O) groups excluding carboxylic acids is 1. The highest BCUT2D eigenvalue weighted by molar-refractivity contribution is 6.32. The van der Waals surface area contributed by atoms with Crippen LogP contribution in [-0.2, 0) is 4.79 Å². The van der Waals surface area contributed by atoms with Gasteiger partial charge in [0.1, 0.15) is 0 Å².